The Bertz CT molecular complexity index is 1340. The van der Waals surface area contributed by atoms with Crippen LogP contribution in [0.2, 0.25) is 0 Å². The van der Waals surface area contributed by atoms with Crippen molar-refractivity contribution in [2.24, 2.45) is 0 Å². The summed E-state index contributed by atoms with van der Waals surface area (Å²) in [7, 11) is 5.90. The number of unbranched alkanes of at least 4 members (excludes halogenated alkanes) is 34. The fraction of sp³-hybridized carbons (Fsp3) is 0.828. The van der Waals surface area contributed by atoms with Crippen molar-refractivity contribution in [3.05, 3.63) is 48.6 Å². The normalized spacial score (nSPS) is 13.1. The molecule has 0 fully saturated rings. The van der Waals surface area contributed by atoms with E-state index in [2.05, 4.69) is 50.3 Å². The maximum Gasteiger partial charge on any atom is 0.306 e. The van der Waals surface area contributed by atoms with Gasteiger partial charge >= 0.3 is 11.9 Å². The third-order valence-corrected chi connectivity index (χ3v) is 13.6. The molecule has 0 aliphatic heterocycles. The molecule has 9 nitrogen and oxygen atoms in total. The summed E-state index contributed by atoms with van der Waals surface area (Å²) in [6, 6.07) is 0. The molecule has 0 aromatic carbocycles. The number of hydrogen-bond donors (Lipinski definition) is 0. The number of carbonyl (C=O) groups excluding carboxylic acids is 3. The maximum absolute atomic E-state index is 12.8. The molecule has 2 atom stereocenters. The molecule has 0 spiro atoms. The quantitative estimate of drug-likeness (QED) is 0.0195. The molecule has 0 aliphatic carbocycles. The van der Waals surface area contributed by atoms with Gasteiger partial charge in [0, 0.05) is 12.8 Å². The van der Waals surface area contributed by atoms with Gasteiger partial charge in [0.1, 0.15) is 13.2 Å². The number of carboxylic acid groups (broad SMARTS) is 1. The maximum atomic E-state index is 12.8. The molecule has 73 heavy (non-hydrogen) atoms. The number of carbonyl (C=O) groups is 3. The third kappa shape index (κ3) is 56.8. The topological polar surface area (TPSA) is 111 Å². The first-order valence-electron chi connectivity index (χ1n) is 30.8. The largest absolute Gasteiger partial charge is 0.545 e. The van der Waals surface area contributed by atoms with Gasteiger partial charge < -0.3 is 33.3 Å². The minimum Gasteiger partial charge on any atom is -0.545 e. The molecule has 0 saturated carbocycles. The molecule has 0 aromatic rings. The van der Waals surface area contributed by atoms with Crippen LogP contribution in [-0.4, -0.2) is 82.3 Å². The zero-order valence-electron chi connectivity index (χ0n) is 48.5. The molecule has 2 unspecified atom stereocenters. The van der Waals surface area contributed by atoms with Crippen molar-refractivity contribution in [3.63, 3.8) is 0 Å². The van der Waals surface area contributed by atoms with Crippen LogP contribution in [0.25, 0.3) is 0 Å². The molecule has 0 heterocycles. The van der Waals surface area contributed by atoms with E-state index >= 15 is 0 Å². The lowest BCUT2D eigenvalue weighted by atomic mass is 10.0. The average molecular weight is 1030 g/mol. The van der Waals surface area contributed by atoms with Crippen molar-refractivity contribution in [1.29, 1.82) is 0 Å². The fourth-order valence-corrected chi connectivity index (χ4v) is 8.91. The highest BCUT2D eigenvalue weighted by molar-refractivity contribution is 5.70. The molecular weight excluding hydrogens is 911 g/mol. The zero-order chi connectivity index (χ0) is 53.4. The Hall–Kier alpha value is -2.75. The Kier molecular flexibility index (Phi) is 53.4. The number of nitrogens with zero attached hydrogens (tertiary/aromatic N) is 1. The van der Waals surface area contributed by atoms with Crippen LogP contribution >= 0.6 is 0 Å². The van der Waals surface area contributed by atoms with Gasteiger partial charge in [-0.05, 0) is 38.5 Å². The first-order valence-corrected chi connectivity index (χ1v) is 30.8. The van der Waals surface area contributed by atoms with Crippen molar-refractivity contribution in [2.45, 2.75) is 296 Å². The lowest BCUT2D eigenvalue weighted by Gasteiger charge is -2.26. The minimum atomic E-state index is -1.64. The predicted octanol–water partition coefficient (Wildman–Crippen LogP) is 16.9. The number of carboxylic acids is 1. The highest BCUT2D eigenvalue weighted by Gasteiger charge is 2.21. The lowest BCUT2D eigenvalue weighted by Crippen LogP contribution is -2.44. The summed E-state index contributed by atoms with van der Waals surface area (Å²) in [5.41, 5.74) is 0. The molecule has 0 saturated heterocycles. The molecule has 0 aromatic heterocycles. The summed E-state index contributed by atoms with van der Waals surface area (Å²) >= 11 is 0. The predicted molar refractivity (Wildman–Crippen MR) is 306 cm³/mol. The van der Waals surface area contributed by atoms with Crippen LogP contribution in [0.4, 0.5) is 0 Å². The van der Waals surface area contributed by atoms with E-state index in [1.165, 1.54) is 205 Å². The molecule has 0 rings (SSSR count). The molecular formula is C64H117NO8. The van der Waals surface area contributed by atoms with E-state index in [1.807, 2.05) is 33.3 Å². The summed E-state index contributed by atoms with van der Waals surface area (Å²) in [6.07, 6.45) is 66.7. The SMILES string of the molecule is CC/C=C\C/C=C\C/C=C\C/C=C\CCC(=O)OC(COC(=O)CCCCCCCCCCCCCCCCCCCCCCCCCCCCCCCCCCCCC)COC(OCC[N+](C)(C)C)C(=O)[O-]. The summed E-state index contributed by atoms with van der Waals surface area (Å²) in [5, 5.41) is 11.7. The van der Waals surface area contributed by atoms with Crippen LogP contribution in [-0.2, 0) is 33.3 Å². The van der Waals surface area contributed by atoms with Gasteiger partial charge in [0.05, 0.1) is 40.3 Å². The van der Waals surface area contributed by atoms with E-state index < -0.39 is 24.3 Å². The molecule has 0 N–H and O–H groups in total. The van der Waals surface area contributed by atoms with Crippen LogP contribution in [0, 0.1) is 0 Å². The minimum absolute atomic E-state index is 0.127. The average Bonchev–Trinajstić information content (AvgIpc) is 3.36. The summed E-state index contributed by atoms with van der Waals surface area (Å²) in [6.45, 7) is 4.57. The number of likely N-dealkylation sites (N-methyl/N-ethyl adjacent to an activating group) is 1. The Morgan fingerprint density at radius 1 is 0.425 bits per heavy atom. The van der Waals surface area contributed by atoms with Crippen molar-refractivity contribution in [3.8, 4) is 0 Å². The molecule has 0 amide bonds. The fourth-order valence-electron chi connectivity index (χ4n) is 8.91. The van der Waals surface area contributed by atoms with Crippen molar-refractivity contribution in [2.75, 3.05) is 47.5 Å². The van der Waals surface area contributed by atoms with Gasteiger partial charge in [0.25, 0.3) is 0 Å². The number of ether oxygens (including phenoxy) is 4. The van der Waals surface area contributed by atoms with Crippen LogP contribution in [0.5, 0.6) is 0 Å². The number of allylic oxidation sites excluding steroid dienone is 8. The monoisotopic (exact) mass is 1030 g/mol. The Labute approximate surface area is 451 Å². The molecule has 0 bridgehead atoms. The van der Waals surface area contributed by atoms with E-state index in [0.717, 1.165) is 44.9 Å². The van der Waals surface area contributed by atoms with Crippen LogP contribution < -0.4 is 5.11 Å². The van der Waals surface area contributed by atoms with Crippen LogP contribution in [0.15, 0.2) is 48.6 Å². The van der Waals surface area contributed by atoms with Gasteiger partial charge in [-0.3, -0.25) is 9.59 Å². The van der Waals surface area contributed by atoms with Crippen LogP contribution in [0.3, 0.4) is 0 Å². The van der Waals surface area contributed by atoms with E-state index in [1.54, 1.807) is 0 Å². The second-order valence-corrected chi connectivity index (χ2v) is 22.0. The number of quaternary nitrogens is 1. The summed E-state index contributed by atoms with van der Waals surface area (Å²) in [4.78, 5) is 37.1. The highest BCUT2D eigenvalue weighted by atomic mass is 16.7. The Balaban J connectivity index is 3.98. The molecule has 0 radical (unpaired) electrons. The second kappa shape index (κ2) is 55.5. The van der Waals surface area contributed by atoms with Crippen LogP contribution in [0.1, 0.15) is 284 Å². The van der Waals surface area contributed by atoms with Crippen molar-refractivity contribution in [1.82, 2.24) is 0 Å². The van der Waals surface area contributed by atoms with Gasteiger partial charge in [-0.1, -0.05) is 281 Å². The first-order chi connectivity index (χ1) is 35.6. The smallest absolute Gasteiger partial charge is 0.306 e. The standard InChI is InChI=1S/C64H117NO8/c1-6-8-10-12-14-16-18-20-21-22-23-24-25-26-27-28-29-30-31-32-33-34-35-36-37-38-39-40-41-43-44-46-48-50-52-54-61(66)71-58-60(59-72-64(63(68)69)70-57-56-65(3,4)5)73-62(67)55-53-51-49-47-45-42-19-17-15-13-11-9-7-2/h9,11,15,17,42,45,49,51,60,64H,6-8,10,12-14,16,18-41,43-44,46-48,50,52-59H2,1-5H3/b11-9-,17-15-,45-42-,51-49-. The van der Waals surface area contributed by atoms with Gasteiger partial charge in [-0.2, -0.15) is 0 Å². The summed E-state index contributed by atoms with van der Waals surface area (Å²) < 4.78 is 22.6. The van der Waals surface area contributed by atoms with Gasteiger partial charge in [0.2, 0.25) is 0 Å². The van der Waals surface area contributed by atoms with Gasteiger partial charge in [-0.15, -0.1) is 0 Å². The Morgan fingerprint density at radius 2 is 0.781 bits per heavy atom. The molecule has 426 valence electrons. The summed E-state index contributed by atoms with van der Waals surface area (Å²) in [5.74, 6) is -2.38. The van der Waals surface area contributed by atoms with E-state index in [0.29, 0.717) is 17.4 Å². The number of esters is 2. The second-order valence-electron chi connectivity index (χ2n) is 22.0. The number of aliphatic carboxylic acids is 1. The molecule has 0 aliphatic rings. The Morgan fingerprint density at radius 3 is 1.14 bits per heavy atom. The first kappa shape index (κ1) is 70.2. The lowest BCUT2D eigenvalue weighted by molar-refractivity contribution is -0.870. The molecule has 9 heteroatoms. The van der Waals surface area contributed by atoms with Gasteiger partial charge in [0.15, 0.2) is 12.4 Å². The number of hydrogen-bond acceptors (Lipinski definition) is 8. The third-order valence-electron chi connectivity index (χ3n) is 13.6. The van der Waals surface area contributed by atoms with Gasteiger partial charge in [-0.25, -0.2) is 0 Å². The van der Waals surface area contributed by atoms with Crippen molar-refractivity contribution < 1.29 is 42.9 Å². The van der Waals surface area contributed by atoms with E-state index in [9.17, 15) is 19.5 Å². The van der Waals surface area contributed by atoms with E-state index in [4.69, 9.17) is 18.9 Å². The zero-order valence-corrected chi connectivity index (χ0v) is 48.5. The number of rotatable bonds is 57. The highest BCUT2D eigenvalue weighted by Crippen LogP contribution is 2.18. The van der Waals surface area contributed by atoms with Crippen molar-refractivity contribution >= 4 is 17.9 Å². The van der Waals surface area contributed by atoms with E-state index in [-0.39, 0.29) is 38.6 Å².